The normalized spacial score (nSPS) is 27.7. The van der Waals surface area contributed by atoms with Crippen LogP contribution in [0.2, 0.25) is 0 Å². The molecule has 0 atom stereocenters. The molecule has 0 bridgehead atoms. The quantitative estimate of drug-likeness (QED) is 0.655. The van der Waals surface area contributed by atoms with Gasteiger partial charge in [-0.2, -0.15) is 0 Å². The predicted octanol–water partition coefficient (Wildman–Crippen LogP) is 2.14. The van der Waals surface area contributed by atoms with Gasteiger partial charge in [0.2, 0.25) is 0 Å². The first kappa shape index (κ1) is 11.5. The molecule has 1 rings (SSSR count). The zero-order valence-electron chi connectivity index (χ0n) is 9.29. The summed E-state index contributed by atoms with van der Waals surface area (Å²) < 4.78 is 10.6. The van der Waals surface area contributed by atoms with Gasteiger partial charge in [-0.25, -0.2) is 0 Å². The summed E-state index contributed by atoms with van der Waals surface area (Å²) in [5, 5.41) is 0. The van der Waals surface area contributed by atoms with Crippen molar-refractivity contribution in [3.05, 3.63) is 0 Å². The molecule has 1 aliphatic rings. The molecule has 0 aromatic rings. The zero-order chi connectivity index (χ0) is 10.6. The third-order valence-electron chi connectivity index (χ3n) is 2.71. The molecule has 14 heavy (non-hydrogen) atoms. The van der Waals surface area contributed by atoms with E-state index in [9.17, 15) is 4.79 Å². The average molecular weight is 200 g/mol. The fourth-order valence-electron chi connectivity index (χ4n) is 1.69. The predicted molar refractivity (Wildman–Crippen MR) is 54.0 cm³/mol. The molecule has 0 saturated heterocycles. The maximum absolute atomic E-state index is 11.3. The summed E-state index contributed by atoms with van der Waals surface area (Å²) in [7, 11) is 1.74. The van der Waals surface area contributed by atoms with Crippen molar-refractivity contribution in [2.75, 3.05) is 7.11 Å². The van der Waals surface area contributed by atoms with E-state index in [0.717, 1.165) is 25.7 Å². The minimum Gasteiger partial charge on any atom is -0.462 e. The van der Waals surface area contributed by atoms with Crippen molar-refractivity contribution >= 4 is 5.97 Å². The van der Waals surface area contributed by atoms with Gasteiger partial charge in [0, 0.05) is 7.11 Å². The highest BCUT2D eigenvalue weighted by molar-refractivity contribution is 5.71. The lowest BCUT2D eigenvalue weighted by Crippen LogP contribution is -2.29. The van der Waals surface area contributed by atoms with Crippen LogP contribution in [-0.4, -0.2) is 25.3 Å². The van der Waals surface area contributed by atoms with Crippen LogP contribution in [0.1, 0.15) is 39.5 Å². The van der Waals surface area contributed by atoms with Gasteiger partial charge in [-0.05, 0) is 25.7 Å². The topological polar surface area (TPSA) is 35.5 Å². The van der Waals surface area contributed by atoms with Crippen molar-refractivity contribution in [1.29, 1.82) is 0 Å². The van der Waals surface area contributed by atoms with Gasteiger partial charge in [-0.3, -0.25) is 4.79 Å². The van der Waals surface area contributed by atoms with Gasteiger partial charge in [-0.15, -0.1) is 0 Å². The van der Waals surface area contributed by atoms with E-state index in [1.165, 1.54) is 0 Å². The Labute approximate surface area is 85.8 Å². The second-order valence-corrected chi connectivity index (χ2v) is 4.23. The molecule has 0 radical (unpaired) electrons. The Morgan fingerprint density at radius 1 is 1.14 bits per heavy atom. The third-order valence-corrected chi connectivity index (χ3v) is 2.71. The molecule has 1 saturated carbocycles. The van der Waals surface area contributed by atoms with Crippen LogP contribution in [0.25, 0.3) is 0 Å². The number of hydrogen-bond acceptors (Lipinski definition) is 3. The molecule has 0 aliphatic heterocycles. The number of carbonyl (C=O) groups is 1. The van der Waals surface area contributed by atoms with Crippen molar-refractivity contribution in [1.82, 2.24) is 0 Å². The van der Waals surface area contributed by atoms with E-state index in [1.54, 1.807) is 7.11 Å². The Balaban J connectivity index is 2.25. The Morgan fingerprint density at radius 2 is 1.64 bits per heavy atom. The van der Waals surface area contributed by atoms with Crippen LogP contribution in [-0.2, 0) is 14.3 Å². The Morgan fingerprint density at radius 3 is 2.07 bits per heavy atom. The maximum atomic E-state index is 11.3. The molecule has 0 unspecified atom stereocenters. The number of rotatable bonds is 3. The second-order valence-electron chi connectivity index (χ2n) is 4.23. The summed E-state index contributed by atoms with van der Waals surface area (Å²) in [5.74, 6) is -0.0963. The fourth-order valence-corrected chi connectivity index (χ4v) is 1.69. The van der Waals surface area contributed by atoms with E-state index in [2.05, 4.69) is 0 Å². The van der Waals surface area contributed by atoms with Gasteiger partial charge in [0.25, 0.3) is 0 Å². The number of methoxy groups -OCH3 is 1. The van der Waals surface area contributed by atoms with Crippen LogP contribution in [0, 0.1) is 5.92 Å². The van der Waals surface area contributed by atoms with Crippen LogP contribution in [0.4, 0.5) is 0 Å². The SMILES string of the molecule is COC1CCC(OC(=O)C(C)C)CC1. The molecule has 82 valence electrons. The zero-order valence-corrected chi connectivity index (χ0v) is 9.29. The third kappa shape index (κ3) is 3.29. The van der Waals surface area contributed by atoms with Crippen molar-refractivity contribution in [2.24, 2.45) is 5.92 Å². The van der Waals surface area contributed by atoms with Gasteiger partial charge in [0.15, 0.2) is 0 Å². The van der Waals surface area contributed by atoms with E-state index < -0.39 is 0 Å². The minimum atomic E-state index is -0.0779. The molecule has 0 heterocycles. The number of hydrogen-bond donors (Lipinski definition) is 0. The van der Waals surface area contributed by atoms with Crippen LogP contribution in [0.5, 0.6) is 0 Å². The summed E-state index contributed by atoms with van der Waals surface area (Å²) in [6.07, 6.45) is 4.38. The smallest absolute Gasteiger partial charge is 0.308 e. The van der Waals surface area contributed by atoms with Gasteiger partial charge in [0.05, 0.1) is 12.0 Å². The van der Waals surface area contributed by atoms with Crippen LogP contribution in [0.15, 0.2) is 0 Å². The Bertz CT molecular complexity index is 181. The summed E-state index contributed by atoms with van der Waals surface area (Å²) >= 11 is 0. The van der Waals surface area contributed by atoms with Gasteiger partial charge < -0.3 is 9.47 Å². The fraction of sp³-hybridized carbons (Fsp3) is 0.909. The van der Waals surface area contributed by atoms with E-state index >= 15 is 0 Å². The van der Waals surface area contributed by atoms with Crippen molar-refractivity contribution < 1.29 is 14.3 Å². The number of carbonyl (C=O) groups excluding carboxylic acids is 1. The summed E-state index contributed by atoms with van der Waals surface area (Å²) in [5.41, 5.74) is 0. The summed E-state index contributed by atoms with van der Waals surface area (Å²) in [6.45, 7) is 3.73. The highest BCUT2D eigenvalue weighted by atomic mass is 16.5. The number of ether oxygens (including phenoxy) is 2. The lowest BCUT2D eigenvalue weighted by molar-refractivity contribution is -0.155. The standard InChI is InChI=1S/C11H20O3/c1-8(2)11(12)14-10-6-4-9(13-3)5-7-10/h8-10H,4-7H2,1-3H3. The first-order valence-electron chi connectivity index (χ1n) is 5.36. The first-order chi connectivity index (χ1) is 6.63. The molecule has 0 spiro atoms. The van der Waals surface area contributed by atoms with E-state index in [1.807, 2.05) is 13.8 Å². The van der Waals surface area contributed by atoms with Gasteiger partial charge in [0.1, 0.15) is 6.10 Å². The molecule has 0 amide bonds. The molecule has 0 aromatic carbocycles. The largest absolute Gasteiger partial charge is 0.462 e. The van der Waals surface area contributed by atoms with Crippen molar-refractivity contribution in [2.45, 2.75) is 51.7 Å². The van der Waals surface area contributed by atoms with Crippen molar-refractivity contribution in [3.8, 4) is 0 Å². The highest BCUT2D eigenvalue weighted by Gasteiger charge is 2.24. The van der Waals surface area contributed by atoms with E-state index in [4.69, 9.17) is 9.47 Å². The lowest BCUT2D eigenvalue weighted by Gasteiger charge is -2.27. The molecule has 3 heteroatoms. The number of esters is 1. The first-order valence-corrected chi connectivity index (χ1v) is 5.36. The highest BCUT2D eigenvalue weighted by Crippen LogP contribution is 2.23. The molecular weight excluding hydrogens is 180 g/mol. The van der Waals surface area contributed by atoms with E-state index in [-0.39, 0.29) is 18.0 Å². The van der Waals surface area contributed by atoms with Gasteiger partial charge in [-0.1, -0.05) is 13.8 Å². The van der Waals surface area contributed by atoms with Crippen LogP contribution in [0.3, 0.4) is 0 Å². The molecule has 0 N–H and O–H groups in total. The Hall–Kier alpha value is -0.570. The van der Waals surface area contributed by atoms with Crippen LogP contribution < -0.4 is 0 Å². The summed E-state index contributed by atoms with van der Waals surface area (Å²) in [6, 6.07) is 0. The Kier molecular flexibility index (Phi) is 4.39. The van der Waals surface area contributed by atoms with E-state index in [0.29, 0.717) is 6.10 Å². The molecule has 0 aromatic heterocycles. The molecule has 1 fully saturated rings. The minimum absolute atomic E-state index is 0.0184. The lowest BCUT2D eigenvalue weighted by atomic mass is 9.95. The molecule has 3 nitrogen and oxygen atoms in total. The molecule has 1 aliphatic carbocycles. The second kappa shape index (κ2) is 5.35. The van der Waals surface area contributed by atoms with Crippen molar-refractivity contribution in [3.63, 3.8) is 0 Å². The van der Waals surface area contributed by atoms with Gasteiger partial charge >= 0.3 is 5.97 Å². The summed E-state index contributed by atoms with van der Waals surface area (Å²) in [4.78, 5) is 11.3. The average Bonchev–Trinajstić information content (AvgIpc) is 2.19. The molecular formula is C11H20O3. The van der Waals surface area contributed by atoms with Crippen LogP contribution >= 0.6 is 0 Å². The monoisotopic (exact) mass is 200 g/mol. The maximum Gasteiger partial charge on any atom is 0.308 e.